The average Bonchev–Trinajstić information content (AvgIpc) is 2.38. The van der Waals surface area contributed by atoms with Gasteiger partial charge in [-0.1, -0.05) is 0 Å². The normalized spacial score (nSPS) is 16.9. The lowest BCUT2D eigenvalue weighted by Gasteiger charge is -2.35. The van der Waals surface area contributed by atoms with E-state index in [1.54, 1.807) is 6.92 Å². The fourth-order valence-electron chi connectivity index (χ4n) is 2.39. The Bertz CT molecular complexity index is 468. The number of carbonyl (C=O) groups is 1. The van der Waals surface area contributed by atoms with Gasteiger partial charge in [0.05, 0.1) is 0 Å². The minimum Gasteiger partial charge on any atom is -0.477 e. The van der Waals surface area contributed by atoms with Gasteiger partial charge in [0, 0.05) is 24.8 Å². The summed E-state index contributed by atoms with van der Waals surface area (Å²) in [5.74, 6) is -0.468. The van der Waals surface area contributed by atoms with Gasteiger partial charge in [-0.25, -0.2) is 14.8 Å². The maximum atomic E-state index is 11.0. The van der Waals surface area contributed by atoms with Gasteiger partial charge >= 0.3 is 5.97 Å². The molecule has 0 radical (unpaired) electrons. The quantitative estimate of drug-likeness (QED) is 0.878. The zero-order valence-corrected chi connectivity index (χ0v) is 11.6. The molecule has 6 nitrogen and oxygen atoms in total. The van der Waals surface area contributed by atoms with Crippen molar-refractivity contribution in [3.05, 3.63) is 17.5 Å². The van der Waals surface area contributed by atoms with E-state index >= 15 is 0 Å². The fraction of sp³-hybridized carbons (Fsp3) is 0.615. The largest absolute Gasteiger partial charge is 0.477 e. The van der Waals surface area contributed by atoms with Crippen LogP contribution < -0.4 is 4.90 Å². The molecule has 0 bridgehead atoms. The van der Waals surface area contributed by atoms with E-state index < -0.39 is 5.97 Å². The van der Waals surface area contributed by atoms with Crippen molar-refractivity contribution < 1.29 is 9.90 Å². The van der Waals surface area contributed by atoms with Gasteiger partial charge in [-0.2, -0.15) is 0 Å². The van der Waals surface area contributed by atoms with Gasteiger partial charge in [0.25, 0.3) is 0 Å². The van der Waals surface area contributed by atoms with Crippen LogP contribution in [0.4, 0.5) is 5.95 Å². The molecule has 0 atom stereocenters. The summed E-state index contributed by atoms with van der Waals surface area (Å²) in [5.41, 5.74) is 0.759. The Kier molecular flexibility index (Phi) is 3.99. The molecule has 0 amide bonds. The van der Waals surface area contributed by atoms with Crippen LogP contribution >= 0.6 is 0 Å². The average molecular weight is 264 g/mol. The van der Waals surface area contributed by atoms with Crippen LogP contribution in [0.25, 0.3) is 0 Å². The minimum atomic E-state index is -1.00. The van der Waals surface area contributed by atoms with E-state index in [0.717, 1.165) is 25.9 Å². The Labute approximate surface area is 113 Å². The smallest absolute Gasteiger partial charge is 0.354 e. The molecule has 1 aliphatic rings. The van der Waals surface area contributed by atoms with Crippen LogP contribution in [0, 0.1) is 6.92 Å². The molecule has 1 fully saturated rings. The second-order valence-corrected chi connectivity index (χ2v) is 5.18. The van der Waals surface area contributed by atoms with Crippen LogP contribution in [0.1, 0.15) is 29.0 Å². The second-order valence-electron chi connectivity index (χ2n) is 5.18. The number of rotatable bonds is 3. The van der Waals surface area contributed by atoms with Crippen LogP contribution in [0.15, 0.2) is 6.07 Å². The number of piperidine rings is 1. The number of nitrogens with zero attached hydrogens (tertiary/aromatic N) is 4. The lowest BCUT2D eigenvalue weighted by molar-refractivity contribution is 0.0690. The maximum absolute atomic E-state index is 11.0. The molecule has 1 N–H and O–H groups in total. The number of carboxylic acids is 1. The van der Waals surface area contributed by atoms with E-state index in [1.165, 1.54) is 6.07 Å². The van der Waals surface area contributed by atoms with Crippen molar-refractivity contribution in [3.8, 4) is 0 Å². The Balaban J connectivity index is 2.13. The van der Waals surface area contributed by atoms with Crippen molar-refractivity contribution in [1.29, 1.82) is 0 Å². The number of hydrogen-bond acceptors (Lipinski definition) is 5. The molecule has 0 aromatic carbocycles. The third kappa shape index (κ3) is 3.20. The van der Waals surface area contributed by atoms with Crippen LogP contribution in [-0.4, -0.2) is 59.2 Å². The van der Waals surface area contributed by atoms with E-state index in [4.69, 9.17) is 5.11 Å². The molecule has 1 aliphatic heterocycles. The van der Waals surface area contributed by atoms with Crippen LogP contribution in [-0.2, 0) is 0 Å². The van der Waals surface area contributed by atoms with Gasteiger partial charge in [0.2, 0.25) is 5.95 Å². The lowest BCUT2D eigenvalue weighted by Crippen LogP contribution is -2.42. The van der Waals surface area contributed by atoms with E-state index in [2.05, 4.69) is 33.9 Å². The maximum Gasteiger partial charge on any atom is 0.354 e. The predicted octanol–water partition coefficient (Wildman–Crippen LogP) is 1.01. The topological polar surface area (TPSA) is 69.6 Å². The zero-order chi connectivity index (χ0) is 14.0. The number of aryl methyl sites for hydroxylation is 1. The molecule has 0 spiro atoms. The standard InChI is InChI=1S/C13H20N4O2/c1-9-8-11(12(18)19)15-13(14-9)17-6-4-10(5-7-17)16(2)3/h8,10H,4-7H2,1-3H3,(H,18,19). The minimum absolute atomic E-state index is 0.0669. The summed E-state index contributed by atoms with van der Waals surface area (Å²) in [5, 5.41) is 9.03. The molecular weight excluding hydrogens is 244 g/mol. The first kappa shape index (κ1) is 13.7. The van der Waals surface area contributed by atoms with Crippen LogP contribution in [0.5, 0.6) is 0 Å². The summed E-state index contributed by atoms with van der Waals surface area (Å²) < 4.78 is 0. The Morgan fingerprint density at radius 2 is 2.00 bits per heavy atom. The Morgan fingerprint density at radius 1 is 1.37 bits per heavy atom. The fourth-order valence-corrected chi connectivity index (χ4v) is 2.39. The van der Waals surface area contributed by atoms with E-state index in [0.29, 0.717) is 17.7 Å². The highest BCUT2D eigenvalue weighted by molar-refractivity contribution is 5.85. The van der Waals surface area contributed by atoms with Gasteiger partial charge in [-0.15, -0.1) is 0 Å². The summed E-state index contributed by atoms with van der Waals surface area (Å²) in [6, 6.07) is 2.08. The molecule has 1 aromatic rings. The number of hydrogen-bond donors (Lipinski definition) is 1. The lowest BCUT2D eigenvalue weighted by atomic mass is 10.0. The molecule has 6 heteroatoms. The first-order valence-electron chi connectivity index (χ1n) is 6.47. The summed E-state index contributed by atoms with van der Waals surface area (Å²) in [6.45, 7) is 3.53. The van der Waals surface area contributed by atoms with Crippen molar-refractivity contribution in [1.82, 2.24) is 14.9 Å². The SMILES string of the molecule is Cc1cc(C(=O)O)nc(N2CCC(N(C)C)CC2)n1. The van der Waals surface area contributed by atoms with Crippen molar-refractivity contribution in [3.63, 3.8) is 0 Å². The third-order valence-corrected chi connectivity index (χ3v) is 3.54. The Hall–Kier alpha value is -1.69. The summed E-state index contributed by atoms with van der Waals surface area (Å²) >= 11 is 0. The van der Waals surface area contributed by atoms with Crippen molar-refractivity contribution in [2.75, 3.05) is 32.1 Å². The molecule has 104 valence electrons. The Morgan fingerprint density at radius 3 is 2.53 bits per heavy atom. The monoisotopic (exact) mass is 264 g/mol. The molecule has 2 heterocycles. The van der Waals surface area contributed by atoms with Crippen molar-refractivity contribution in [2.24, 2.45) is 0 Å². The molecule has 19 heavy (non-hydrogen) atoms. The number of aromatic carboxylic acids is 1. The molecule has 1 saturated heterocycles. The summed E-state index contributed by atoms with van der Waals surface area (Å²) in [4.78, 5) is 23.8. The number of aromatic nitrogens is 2. The highest BCUT2D eigenvalue weighted by atomic mass is 16.4. The molecule has 0 aliphatic carbocycles. The van der Waals surface area contributed by atoms with Crippen molar-refractivity contribution >= 4 is 11.9 Å². The molecule has 0 saturated carbocycles. The van der Waals surface area contributed by atoms with Crippen LogP contribution in [0.3, 0.4) is 0 Å². The van der Waals surface area contributed by atoms with E-state index in [-0.39, 0.29) is 5.69 Å². The predicted molar refractivity (Wildman–Crippen MR) is 72.7 cm³/mol. The first-order chi connectivity index (χ1) is 8.97. The molecular formula is C13H20N4O2. The highest BCUT2D eigenvalue weighted by Crippen LogP contribution is 2.19. The molecule has 2 rings (SSSR count). The zero-order valence-electron chi connectivity index (χ0n) is 11.6. The summed E-state index contributed by atoms with van der Waals surface area (Å²) in [6.07, 6.45) is 2.10. The van der Waals surface area contributed by atoms with Crippen molar-refractivity contribution in [2.45, 2.75) is 25.8 Å². The first-order valence-corrected chi connectivity index (χ1v) is 6.47. The van der Waals surface area contributed by atoms with Gasteiger partial charge in [-0.05, 0) is 39.9 Å². The number of anilines is 1. The molecule has 1 aromatic heterocycles. The number of carboxylic acid groups (broad SMARTS) is 1. The van der Waals surface area contributed by atoms with Gasteiger partial charge in [0.1, 0.15) is 0 Å². The van der Waals surface area contributed by atoms with Crippen LogP contribution in [0.2, 0.25) is 0 Å². The van der Waals surface area contributed by atoms with E-state index in [1.807, 2.05) is 0 Å². The summed E-state index contributed by atoms with van der Waals surface area (Å²) in [7, 11) is 4.18. The third-order valence-electron chi connectivity index (χ3n) is 3.54. The van der Waals surface area contributed by atoms with E-state index in [9.17, 15) is 4.79 Å². The second kappa shape index (κ2) is 5.52. The van der Waals surface area contributed by atoms with Gasteiger partial charge in [0.15, 0.2) is 5.69 Å². The van der Waals surface area contributed by atoms with Gasteiger partial charge in [-0.3, -0.25) is 0 Å². The highest BCUT2D eigenvalue weighted by Gasteiger charge is 2.23. The molecule has 0 unspecified atom stereocenters. The van der Waals surface area contributed by atoms with Gasteiger partial charge < -0.3 is 14.9 Å².